The Kier molecular flexibility index (Phi) is 2.79. The molecule has 0 aromatic carbocycles. The van der Waals surface area contributed by atoms with Crippen molar-refractivity contribution < 1.29 is 4.57 Å². The van der Waals surface area contributed by atoms with Crippen molar-refractivity contribution in [3.63, 3.8) is 0 Å². The second-order valence-corrected chi connectivity index (χ2v) is 5.32. The van der Waals surface area contributed by atoms with Crippen LogP contribution in [0.4, 0.5) is 0 Å². The van der Waals surface area contributed by atoms with E-state index in [0.29, 0.717) is 12.2 Å². The quantitative estimate of drug-likeness (QED) is 0.428. The monoisotopic (exact) mass is 272 g/mol. The van der Waals surface area contributed by atoms with Crippen LogP contribution in [-0.2, 0) is 13.6 Å². The molecule has 3 N–H and O–H groups in total. The number of fused-ring (bicyclic) bond motifs is 1. The highest BCUT2D eigenvalue weighted by molar-refractivity contribution is 7.09. The minimum Gasteiger partial charge on any atom is -0.382 e. The summed E-state index contributed by atoms with van der Waals surface area (Å²) in [6.07, 6.45) is 4.09. The van der Waals surface area contributed by atoms with E-state index in [1.165, 1.54) is 22.4 Å². The third kappa shape index (κ3) is 2.10. The Morgan fingerprint density at radius 3 is 3.11 bits per heavy atom. The minimum absolute atomic E-state index is 0.0197. The van der Waals surface area contributed by atoms with Gasteiger partial charge in [0.2, 0.25) is 5.52 Å². The smallest absolute Gasteiger partial charge is 0.230 e. The van der Waals surface area contributed by atoms with Crippen molar-refractivity contribution >= 4 is 28.2 Å². The standard InChI is InChI=1S/C13H14N5S/c1-17-5-2-3-11-10(17)4-6-18(11)7-12-16-9(8-19-12)13(14)15/h2-6,8H,7H2,1H3,(H3,14,15)/q+1. The Bertz CT molecular complexity index is 755. The number of aromatic nitrogens is 3. The van der Waals surface area contributed by atoms with Crippen LogP contribution in [0.15, 0.2) is 36.0 Å². The zero-order valence-electron chi connectivity index (χ0n) is 10.5. The highest BCUT2D eigenvalue weighted by atomic mass is 32.1. The zero-order chi connectivity index (χ0) is 13.4. The number of hydrogen-bond donors (Lipinski definition) is 2. The van der Waals surface area contributed by atoms with E-state index < -0.39 is 0 Å². The highest BCUT2D eigenvalue weighted by Crippen LogP contribution is 2.16. The summed E-state index contributed by atoms with van der Waals surface area (Å²) in [4.78, 5) is 4.36. The van der Waals surface area contributed by atoms with Crippen molar-refractivity contribution in [1.29, 1.82) is 5.41 Å². The first kappa shape index (κ1) is 11.9. The molecule has 3 aromatic rings. The molecule has 0 saturated heterocycles. The maximum atomic E-state index is 7.37. The molecule has 0 amide bonds. The Labute approximate surface area is 114 Å². The molecule has 3 rings (SSSR count). The third-order valence-electron chi connectivity index (χ3n) is 3.06. The van der Waals surface area contributed by atoms with Crippen molar-refractivity contribution in [2.45, 2.75) is 6.54 Å². The zero-order valence-corrected chi connectivity index (χ0v) is 11.3. The molecule has 19 heavy (non-hydrogen) atoms. The normalized spacial score (nSPS) is 11.0. The largest absolute Gasteiger partial charge is 0.382 e. The molecule has 0 aliphatic carbocycles. The van der Waals surface area contributed by atoms with Crippen LogP contribution in [0, 0.1) is 5.41 Å². The highest BCUT2D eigenvalue weighted by Gasteiger charge is 2.11. The van der Waals surface area contributed by atoms with Gasteiger partial charge in [0.25, 0.3) is 0 Å². The molecule has 0 atom stereocenters. The molecular weight excluding hydrogens is 258 g/mol. The van der Waals surface area contributed by atoms with E-state index in [4.69, 9.17) is 11.1 Å². The van der Waals surface area contributed by atoms with E-state index in [0.717, 1.165) is 5.01 Å². The maximum Gasteiger partial charge on any atom is 0.230 e. The van der Waals surface area contributed by atoms with Gasteiger partial charge in [0, 0.05) is 23.7 Å². The fourth-order valence-electron chi connectivity index (χ4n) is 2.09. The van der Waals surface area contributed by atoms with E-state index in [1.807, 2.05) is 24.7 Å². The number of amidine groups is 1. The lowest BCUT2D eigenvalue weighted by molar-refractivity contribution is -0.644. The van der Waals surface area contributed by atoms with Gasteiger partial charge in [0.15, 0.2) is 6.20 Å². The van der Waals surface area contributed by atoms with Gasteiger partial charge in [-0.15, -0.1) is 11.3 Å². The average molecular weight is 272 g/mol. The van der Waals surface area contributed by atoms with Crippen LogP contribution < -0.4 is 10.3 Å². The van der Waals surface area contributed by atoms with Crippen LogP contribution in [0.1, 0.15) is 10.7 Å². The van der Waals surface area contributed by atoms with Crippen LogP contribution in [0.5, 0.6) is 0 Å². The Balaban J connectivity index is 1.96. The fraction of sp³-hybridized carbons (Fsp3) is 0.154. The number of nitrogen functional groups attached to an aromatic ring is 1. The maximum absolute atomic E-state index is 7.37. The van der Waals surface area contributed by atoms with Gasteiger partial charge in [0.05, 0.1) is 6.54 Å². The summed E-state index contributed by atoms with van der Waals surface area (Å²) in [5.41, 5.74) is 8.34. The van der Waals surface area contributed by atoms with E-state index in [1.54, 1.807) is 0 Å². The molecule has 3 aromatic heterocycles. The molecule has 0 spiro atoms. The first-order valence-corrected chi connectivity index (χ1v) is 6.75. The molecule has 3 heterocycles. The predicted molar refractivity (Wildman–Crippen MR) is 75.3 cm³/mol. The van der Waals surface area contributed by atoms with E-state index in [9.17, 15) is 0 Å². The van der Waals surface area contributed by atoms with Gasteiger partial charge in [-0.05, 0) is 6.07 Å². The van der Waals surface area contributed by atoms with Gasteiger partial charge in [-0.1, -0.05) is 0 Å². The number of nitrogens with one attached hydrogen (secondary N) is 1. The molecular formula is C13H14N5S+. The van der Waals surface area contributed by atoms with Gasteiger partial charge < -0.3 is 10.3 Å². The van der Waals surface area contributed by atoms with Crippen molar-refractivity contribution in [3.8, 4) is 0 Å². The van der Waals surface area contributed by atoms with Gasteiger partial charge in [-0.2, -0.15) is 4.57 Å². The Morgan fingerprint density at radius 1 is 1.53 bits per heavy atom. The molecule has 0 radical (unpaired) electrons. The molecule has 0 aliphatic heterocycles. The summed E-state index contributed by atoms with van der Waals surface area (Å²) in [6.45, 7) is 0.700. The summed E-state index contributed by atoms with van der Waals surface area (Å²) >= 11 is 1.53. The molecule has 6 heteroatoms. The first-order chi connectivity index (χ1) is 9.15. The summed E-state index contributed by atoms with van der Waals surface area (Å²) in [5.74, 6) is 0.0197. The first-order valence-electron chi connectivity index (χ1n) is 5.87. The van der Waals surface area contributed by atoms with Crippen molar-refractivity contribution in [2.75, 3.05) is 0 Å². The van der Waals surface area contributed by atoms with Gasteiger partial charge in [0.1, 0.15) is 29.1 Å². The molecule has 5 nitrogen and oxygen atoms in total. The van der Waals surface area contributed by atoms with Crippen LogP contribution >= 0.6 is 11.3 Å². The summed E-state index contributed by atoms with van der Waals surface area (Å²) in [5, 5.41) is 10.1. The van der Waals surface area contributed by atoms with E-state index >= 15 is 0 Å². The van der Waals surface area contributed by atoms with E-state index in [2.05, 4.69) is 32.4 Å². The number of aryl methyl sites for hydroxylation is 1. The molecule has 0 aliphatic rings. The molecule has 0 fully saturated rings. The predicted octanol–water partition coefficient (Wildman–Crippen LogP) is 1.25. The average Bonchev–Trinajstić information content (AvgIpc) is 2.98. The summed E-state index contributed by atoms with van der Waals surface area (Å²) in [6, 6.07) is 6.21. The SMILES string of the molecule is C[n+]1cccc2c1ccn2Cc1nc(C(=N)N)cs1. The number of rotatable bonds is 3. The van der Waals surface area contributed by atoms with Gasteiger partial charge >= 0.3 is 0 Å². The van der Waals surface area contributed by atoms with Gasteiger partial charge in [-0.25, -0.2) is 4.98 Å². The number of nitrogens with two attached hydrogens (primary N) is 1. The fourth-order valence-corrected chi connectivity index (χ4v) is 2.88. The lowest BCUT2D eigenvalue weighted by Gasteiger charge is -2.01. The molecule has 0 unspecified atom stereocenters. The number of pyridine rings is 1. The number of hydrogen-bond acceptors (Lipinski definition) is 3. The lowest BCUT2D eigenvalue weighted by atomic mass is 10.4. The topological polar surface area (TPSA) is 71.6 Å². The second-order valence-electron chi connectivity index (χ2n) is 4.37. The van der Waals surface area contributed by atoms with Crippen LogP contribution in [0.25, 0.3) is 11.0 Å². The Morgan fingerprint density at radius 2 is 2.37 bits per heavy atom. The summed E-state index contributed by atoms with van der Waals surface area (Å²) < 4.78 is 4.24. The molecule has 0 bridgehead atoms. The molecule has 0 saturated carbocycles. The summed E-state index contributed by atoms with van der Waals surface area (Å²) in [7, 11) is 2.03. The van der Waals surface area contributed by atoms with Crippen LogP contribution in [0.2, 0.25) is 0 Å². The van der Waals surface area contributed by atoms with Crippen molar-refractivity contribution in [3.05, 3.63) is 46.7 Å². The third-order valence-corrected chi connectivity index (χ3v) is 3.89. The van der Waals surface area contributed by atoms with Crippen LogP contribution in [0.3, 0.4) is 0 Å². The van der Waals surface area contributed by atoms with Crippen LogP contribution in [-0.4, -0.2) is 15.4 Å². The number of thiazole rings is 1. The van der Waals surface area contributed by atoms with Crippen molar-refractivity contribution in [1.82, 2.24) is 9.55 Å². The lowest BCUT2D eigenvalue weighted by Crippen LogP contribution is -2.27. The molecule has 96 valence electrons. The second kappa shape index (κ2) is 4.47. The van der Waals surface area contributed by atoms with Crippen molar-refractivity contribution in [2.24, 2.45) is 12.8 Å². The van der Waals surface area contributed by atoms with Gasteiger partial charge in [-0.3, -0.25) is 5.41 Å². The number of nitrogens with zero attached hydrogens (tertiary/aromatic N) is 3. The Hall–Kier alpha value is -2.21. The minimum atomic E-state index is 0.0197. The van der Waals surface area contributed by atoms with E-state index in [-0.39, 0.29) is 5.84 Å².